The molecule has 152 valence electrons. The molecule has 0 unspecified atom stereocenters. The lowest BCUT2D eigenvalue weighted by Crippen LogP contribution is -2.30. The molecule has 0 bridgehead atoms. The molecule has 1 atom stereocenters. The molecule has 1 aliphatic heterocycles. The molecule has 8 heteroatoms. The van der Waals surface area contributed by atoms with Gasteiger partial charge < -0.3 is 10.1 Å². The summed E-state index contributed by atoms with van der Waals surface area (Å²) in [7, 11) is 0. The summed E-state index contributed by atoms with van der Waals surface area (Å²) >= 11 is 17.1. The fraction of sp³-hybridized carbons (Fsp3) is 0.238. The maximum absolute atomic E-state index is 12.6. The third kappa shape index (κ3) is 5.57. The van der Waals surface area contributed by atoms with Crippen molar-refractivity contribution < 1.29 is 9.53 Å². The number of rotatable bonds is 5. The van der Waals surface area contributed by atoms with E-state index in [0.29, 0.717) is 28.0 Å². The second kappa shape index (κ2) is 10.0. The summed E-state index contributed by atoms with van der Waals surface area (Å²) in [5, 5.41) is 5.02. The highest BCUT2D eigenvalue weighted by Gasteiger charge is 2.30. The van der Waals surface area contributed by atoms with Gasteiger partial charge in [0.2, 0.25) is 0 Å². The van der Waals surface area contributed by atoms with Gasteiger partial charge in [0, 0.05) is 15.9 Å². The zero-order valence-electron chi connectivity index (χ0n) is 15.8. The van der Waals surface area contributed by atoms with E-state index in [1.165, 1.54) is 11.8 Å². The summed E-state index contributed by atoms with van der Waals surface area (Å²) in [6, 6.07) is 12.9. The van der Waals surface area contributed by atoms with Crippen LogP contribution in [0, 0.1) is 0 Å². The molecule has 0 aliphatic carbocycles. The van der Waals surface area contributed by atoms with E-state index in [9.17, 15) is 4.79 Å². The van der Waals surface area contributed by atoms with E-state index < -0.39 is 6.04 Å². The highest BCUT2D eigenvalue weighted by molar-refractivity contribution is 9.10. The van der Waals surface area contributed by atoms with Crippen LogP contribution in [0.25, 0.3) is 0 Å². The van der Waals surface area contributed by atoms with E-state index in [0.717, 1.165) is 26.5 Å². The number of carbonyl (C=O) groups excluding carboxylic acids is 1. The number of nitrogens with zero attached hydrogens (tertiary/aromatic N) is 1. The molecule has 0 amide bonds. The molecule has 1 N–H and O–H groups in total. The van der Waals surface area contributed by atoms with Gasteiger partial charge in [-0.2, -0.15) is 0 Å². The molecule has 0 saturated heterocycles. The topological polar surface area (TPSA) is 50.7 Å². The van der Waals surface area contributed by atoms with Crippen molar-refractivity contribution in [3.63, 3.8) is 0 Å². The van der Waals surface area contributed by atoms with Crippen molar-refractivity contribution in [1.82, 2.24) is 5.32 Å². The first-order chi connectivity index (χ1) is 13.9. The first-order valence-corrected chi connectivity index (χ1v) is 11.5. The zero-order chi connectivity index (χ0) is 21.0. The van der Waals surface area contributed by atoms with Gasteiger partial charge in [0.25, 0.3) is 0 Å². The van der Waals surface area contributed by atoms with Crippen LogP contribution in [-0.2, 0) is 15.3 Å². The third-order valence-electron chi connectivity index (χ3n) is 4.24. The largest absolute Gasteiger partial charge is 0.463 e. The molecule has 2 aromatic carbocycles. The van der Waals surface area contributed by atoms with Crippen molar-refractivity contribution >= 4 is 62.0 Å². The molecule has 29 heavy (non-hydrogen) atoms. The van der Waals surface area contributed by atoms with Crippen LogP contribution in [0.4, 0.5) is 0 Å². The summed E-state index contributed by atoms with van der Waals surface area (Å²) in [4.78, 5) is 17.4. The first-order valence-electron chi connectivity index (χ1n) is 8.94. The number of hydrogen-bond donors (Lipinski definition) is 1. The molecule has 0 spiro atoms. The molecule has 0 fully saturated rings. The van der Waals surface area contributed by atoms with Crippen LogP contribution in [0.1, 0.15) is 31.0 Å². The molecule has 0 radical (unpaired) electrons. The number of nitrogens with one attached hydrogen (secondary N) is 1. The van der Waals surface area contributed by atoms with Crippen molar-refractivity contribution in [3.8, 4) is 0 Å². The number of amidine groups is 1. The Morgan fingerprint density at radius 1 is 1.24 bits per heavy atom. The van der Waals surface area contributed by atoms with E-state index in [1.807, 2.05) is 43.3 Å². The Kier molecular flexibility index (Phi) is 7.68. The van der Waals surface area contributed by atoms with Gasteiger partial charge in [-0.15, -0.1) is 0 Å². The van der Waals surface area contributed by atoms with Gasteiger partial charge in [-0.3, -0.25) is 0 Å². The van der Waals surface area contributed by atoms with Crippen molar-refractivity contribution in [2.45, 2.75) is 25.6 Å². The standard InChI is InChI=1S/C21H19BrCl2N2O2S/c1-3-28-20(27)18-12(2)25-21(26-19(18)14-5-4-6-15(22)10-14)29-11-13-7-8-16(23)17(24)9-13/h4-10,19H,3,11H2,1-2H3,(H,25,26)/t19-/m0/s1. The Morgan fingerprint density at radius 3 is 2.72 bits per heavy atom. The predicted octanol–water partition coefficient (Wildman–Crippen LogP) is 6.53. The lowest BCUT2D eigenvalue weighted by Gasteiger charge is -2.26. The van der Waals surface area contributed by atoms with Gasteiger partial charge in [0.1, 0.15) is 6.04 Å². The molecule has 3 rings (SSSR count). The fourth-order valence-electron chi connectivity index (χ4n) is 2.89. The van der Waals surface area contributed by atoms with Gasteiger partial charge in [-0.25, -0.2) is 9.79 Å². The Morgan fingerprint density at radius 2 is 2.03 bits per heavy atom. The number of aliphatic imine (C=N–C) groups is 1. The number of ether oxygens (including phenoxy) is 1. The minimum atomic E-state index is -0.441. The minimum Gasteiger partial charge on any atom is -0.463 e. The number of halogens is 3. The van der Waals surface area contributed by atoms with E-state index in [-0.39, 0.29) is 5.97 Å². The Balaban J connectivity index is 1.88. The molecule has 2 aromatic rings. The molecule has 0 saturated carbocycles. The van der Waals surface area contributed by atoms with Crippen molar-refractivity contribution in [2.75, 3.05) is 6.61 Å². The average molecular weight is 514 g/mol. The van der Waals surface area contributed by atoms with Crippen molar-refractivity contribution in [1.29, 1.82) is 0 Å². The zero-order valence-corrected chi connectivity index (χ0v) is 19.8. The predicted molar refractivity (Wildman–Crippen MR) is 125 cm³/mol. The maximum atomic E-state index is 12.6. The van der Waals surface area contributed by atoms with Gasteiger partial charge in [0.05, 0.1) is 22.2 Å². The number of carbonyl (C=O) groups is 1. The summed E-state index contributed by atoms with van der Waals surface area (Å²) in [6.07, 6.45) is 0. The van der Waals surface area contributed by atoms with E-state index >= 15 is 0 Å². The number of thioether (sulfide) groups is 1. The van der Waals surface area contributed by atoms with Gasteiger partial charge in [-0.1, -0.05) is 69.1 Å². The van der Waals surface area contributed by atoms with Crippen LogP contribution in [0.5, 0.6) is 0 Å². The van der Waals surface area contributed by atoms with Crippen LogP contribution >= 0.6 is 50.9 Å². The molecule has 4 nitrogen and oxygen atoms in total. The van der Waals surface area contributed by atoms with Gasteiger partial charge in [-0.05, 0) is 49.2 Å². The maximum Gasteiger partial charge on any atom is 0.338 e. The first kappa shape index (κ1) is 22.2. The van der Waals surface area contributed by atoms with E-state index in [4.69, 9.17) is 32.9 Å². The fourth-order valence-corrected chi connectivity index (χ4v) is 4.52. The minimum absolute atomic E-state index is 0.309. The molecule has 1 aliphatic rings. The molecule has 0 aromatic heterocycles. The lowest BCUT2D eigenvalue weighted by molar-refractivity contribution is -0.138. The Hall–Kier alpha value is -1.47. The summed E-state index contributed by atoms with van der Waals surface area (Å²) < 4.78 is 6.20. The summed E-state index contributed by atoms with van der Waals surface area (Å²) in [6.45, 7) is 3.97. The quantitative estimate of drug-likeness (QED) is 0.462. The molecule has 1 heterocycles. The van der Waals surface area contributed by atoms with Crippen LogP contribution in [-0.4, -0.2) is 17.7 Å². The van der Waals surface area contributed by atoms with E-state index in [2.05, 4.69) is 21.2 Å². The second-order valence-electron chi connectivity index (χ2n) is 6.31. The summed E-state index contributed by atoms with van der Waals surface area (Å²) in [5.41, 5.74) is 3.20. The van der Waals surface area contributed by atoms with Crippen molar-refractivity contribution in [2.24, 2.45) is 4.99 Å². The SMILES string of the molecule is CCOC(=O)C1=C(C)NC(SCc2ccc(Cl)c(Cl)c2)=N[C@H]1c1cccc(Br)c1. The number of benzene rings is 2. The average Bonchev–Trinajstić information content (AvgIpc) is 2.68. The third-order valence-corrected chi connectivity index (χ3v) is 6.43. The monoisotopic (exact) mass is 512 g/mol. The Bertz CT molecular complexity index is 994. The highest BCUT2D eigenvalue weighted by atomic mass is 79.9. The smallest absolute Gasteiger partial charge is 0.338 e. The Labute approximate surface area is 192 Å². The van der Waals surface area contributed by atoms with Crippen LogP contribution in [0.15, 0.2) is 63.2 Å². The van der Waals surface area contributed by atoms with E-state index in [1.54, 1.807) is 13.0 Å². The van der Waals surface area contributed by atoms with Gasteiger partial charge >= 0.3 is 5.97 Å². The normalized spacial score (nSPS) is 16.3. The molecular formula is C21H19BrCl2N2O2S. The number of allylic oxidation sites excluding steroid dienone is 1. The highest BCUT2D eigenvalue weighted by Crippen LogP contribution is 2.34. The number of esters is 1. The van der Waals surface area contributed by atoms with Crippen molar-refractivity contribution in [3.05, 3.63) is 79.4 Å². The van der Waals surface area contributed by atoms with Gasteiger partial charge in [0.15, 0.2) is 5.17 Å². The second-order valence-corrected chi connectivity index (χ2v) is 9.01. The van der Waals surface area contributed by atoms with Crippen LogP contribution < -0.4 is 5.32 Å². The molecular weight excluding hydrogens is 495 g/mol. The number of hydrogen-bond acceptors (Lipinski definition) is 5. The van der Waals surface area contributed by atoms with Crippen LogP contribution in [0.2, 0.25) is 10.0 Å². The lowest BCUT2D eigenvalue weighted by atomic mass is 9.97. The van der Waals surface area contributed by atoms with Crippen LogP contribution in [0.3, 0.4) is 0 Å². The summed E-state index contributed by atoms with van der Waals surface area (Å²) in [5.74, 6) is 0.301.